The predicted molar refractivity (Wildman–Crippen MR) is 221 cm³/mol. The number of rotatable bonds is 41. The summed E-state index contributed by atoms with van der Waals surface area (Å²) in [6.45, 7) is 5.44. The van der Waals surface area contributed by atoms with Crippen LogP contribution in [0.5, 0.6) is 0 Å². The van der Waals surface area contributed by atoms with Crippen LogP contribution < -0.4 is 0 Å². The third kappa shape index (κ3) is 40.0. The summed E-state index contributed by atoms with van der Waals surface area (Å²) >= 11 is 0. The van der Waals surface area contributed by atoms with Gasteiger partial charge in [0, 0.05) is 12.8 Å². The van der Waals surface area contributed by atoms with Crippen LogP contribution in [0.1, 0.15) is 220 Å². The fourth-order valence-electron chi connectivity index (χ4n) is 6.24. The number of carbonyl (C=O) groups excluding carboxylic acids is 2. The molecule has 0 aromatic rings. The van der Waals surface area contributed by atoms with E-state index in [1.54, 1.807) is 6.92 Å². The molecule has 0 saturated carbocycles. The summed E-state index contributed by atoms with van der Waals surface area (Å²) in [6.07, 6.45) is 43.7. The largest absolute Gasteiger partial charge is 0.472 e. The van der Waals surface area contributed by atoms with E-state index in [-0.39, 0.29) is 25.6 Å². The second-order valence-corrected chi connectivity index (χ2v) is 16.2. The van der Waals surface area contributed by atoms with Crippen molar-refractivity contribution in [3.63, 3.8) is 0 Å². The molecule has 0 radical (unpaired) electrons. The van der Waals surface area contributed by atoms with E-state index in [2.05, 4.69) is 38.2 Å². The van der Waals surface area contributed by atoms with Gasteiger partial charge in [-0.15, -0.1) is 0 Å². The number of carbonyl (C=O) groups is 2. The second kappa shape index (κ2) is 40.2. The zero-order valence-electron chi connectivity index (χ0n) is 34.7. The van der Waals surface area contributed by atoms with E-state index in [9.17, 15) is 19.0 Å². The minimum atomic E-state index is -4.28. The van der Waals surface area contributed by atoms with Crippen LogP contribution >= 0.6 is 7.82 Å². The summed E-state index contributed by atoms with van der Waals surface area (Å²) in [5, 5.41) is 0. The Kier molecular flexibility index (Phi) is 39.1. The van der Waals surface area contributed by atoms with Gasteiger partial charge in [-0.05, 0) is 45.4 Å². The molecule has 0 rings (SSSR count). The van der Waals surface area contributed by atoms with Crippen LogP contribution in [0.4, 0.5) is 0 Å². The number of hydrogen-bond acceptors (Lipinski definition) is 7. The Labute approximate surface area is 326 Å². The SMILES string of the molecule is CCCC/C=C\C/C=C\CCCCCCCC(=O)OC(COC(=O)CCCCCCCCCCCCCCCCCCCCC)COP(=O)(O)OCC. The summed E-state index contributed by atoms with van der Waals surface area (Å²) in [5.41, 5.74) is 0. The first kappa shape index (κ1) is 51.5. The summed E-state index contributed by atoms with van der Waals surface area (Å²) in [4.78, 5) is 34.7. The average molecular weight is 771 g/mol. The van der Waals surface area contributed by atoms with Crippen molar-refractivity contribution >= 4 is 19.8 Å². The van der Waals surface area contributed by atoms with Gasteiger partial charge in [-0.1, -0.05) is 186 Å². The van der Waals surface area contributed by atoms with Crippen LogP contribution in [-0.2, 0) is 32.7 Å². The molecule has 2 atom stereocenters. The molecule has 0 aromatic heterocycles. The standard InChI is InChI=1S/C44H83O8P/c1-4-7-9-11-13-15-17-19-21-22-23-24-25-27-28-30-32-34-36-38-43(45)49-40-42(41-51-53(47,48)50-6-3)52-44(46)39-37-35-33-31-29-26-20-18-16-14-12-10-8-5-2/h12,14,18,20,42H,4-11,13,15-17,19,21-41H2,1-3H3,(H,47,48)/b14-12-,20-18-. The van der Waals surface area contributed by atoms with Gasteiger partial charge in [0.1, 0.15) is 6.61 Å². The number of unbranched alkanes of at least 4 members (excludes halogenated alkanes) is 25. The monoisotopic (exact) mass is 771 g/mol. The smallest absolute Gasteiger partial charge is 0.462 e. The Morgan fingerprint density at radius 1 is 0.509 bits per heavy atom. The molecule has 0 fully saturated rings. The fraction of sp³-hybridized carbons (Fsp3) is 0.864. The number of allylic oxidation sites excluding steroid dienone is 4. The Balaban J connectivity index is 4.03. The first-order valence-corrected chi connectivity index (χ1v) is 23.6. The Morgan fingerprint density at radius 2 is 0.925 bits per heavy atom. The highest BCUT2D eigenvalue weighted by Crippen LogP contribution is 2.43. The Hall–Kier alpha value is -1.47. The van der Waals surface area contributed by atoms with Crippen molar-refractivity contribution in [1.82, 2.24) is 0 Å². The first-order valence-electron chi connectivity index (χ1n) is 22.1. The highest BCUT2D eigenvalue weighted by atomic mass is 31.2. The molecule has 9 heteroatoms. The number of hydrogen-bond donors (Lipinski definition) is 1. The zero-order valence-corrected chi connectivity index (χ0v) is 35.6. The summed E-state index contributed by atoms with van der Waals surface area (Å²) in [5.74, 6) is -0.805. The van der Waals surface area contributed by atoms with Gasteiger partial charge in [0.25, 0.3) is 0 Å². The van der Waals surface area contributed by atoms with Crippen LogP contribution in [0, 0.1) is 0 Å². The molecule has 0 aliphatic rings. The van der Waals surface area contributed by atoms with Crippen LogP contribution in [-0.4, -0.2) is 42.8 Å². The van der Waals surface area contributed by atoms with E-state index in [1.807, 2.05) is 0 Å². The van der Waals surface area contributed by atoms with Gasteiger partial charge in [0.2, 0.25) is 0 Å². The molecule has 8 nitrogen and oxygen atoms in total. The molecule has 0 aromatic carbocycles. The predicted octanol–water partition coefficient (Wildman–Crippen LogP) is 13.8. The molecule has 2 unspecified atom stereocenters. The summed E-state index contributed by atoms with van der Waals surface area (Å²) in [6, 6.07) is 0. The lowest BCUT2D eigenvalue weighted by Crippen LogP contribution is -2.29. The van der Waals surface area contributed by atoms with Crippen molar-refractivity contribution in [1.29, 1.82) is 0 Å². The van der Waals surface area contributed by atoms with Crippen molar-refractivity contribution in [2.45, 2.75) is 226 Å². The first-order chi connectivity index (χ1) is 25.8. The van der Waals surface area contributed by atoms with Crippen molar-refractivity contribution in [3.8, 4) is 0 Å². The quantitative estimate of drug-likeness (QED) is 0.0283. The molecule has 1 N–H and O–H groups in total. The van der Waals surface area contributed by atoms with Gasteiger partial charge in [-0.2, -0.15) is 0 Å². The lowest BCUT2D eigenvalue weighted by molar-refractivity contribution is -0.161. The van der Waals surface area contributed by atoms with Gasteiger partial charge >= 0.3 is 19.8 Å². The molecule has 0 aliphatic heterocycles. The van der Waals surface area contributed by atoms with Crippen LogP contribution in [0.2, 0.25) is 0 Å². The zero-order chi connectivity index (χ0) is 38.9. The normalized spacial score (nSPS) is 13.5. The van der Waals surface area contributed by atoms with Gasteiger partial charge < -0.3 is 14.4 Å². The highest BCUT2D eigenvalue weighted by molar-refractivity contribution is 7.47. The molecule has 312 valence electrons. The summed E-state index contributed by atoms with van der Waals surface area (Å²) < 4.78 is 32.6. The Bertz CT molecular complexity index is 921. The number of phosphoric ester groups is 1. The van der Waals surface area contributed by atoms with E-state index in [1.165, 1.54) is 116 Å². The van der Waals surface area contributed by atoms with Crippen LogP contribution in [0.25, 0.3) is 0 Å². The third-order valence-corrected chi connectivity index (χ3v) is 10.6. The van der Waals surface area contributed by atoms with Crippen molar-refractivity contribution in [3.05, 3.63) is 24.3 Å². The number of esters is 2. The molecule has 0 heterocycles. The third-order valence-electron chi connectivity index (χ3n) is 9.51. The van der Waals surface area contributed by atoms with E-state index < -0.39 is 26.5 Å². The van der Waals surface area contributed by atoms with E-state index >= 15 is 0 Å². The lowest BCUT2D eigenvalue weighted by Gasteiger charge is -2.19. The molecule has 0 aliphatic carbocycles. The second-order valence-electron chi connectivity index (χ2n) is 14.7. The minimum Gasteiger partial charge on any atom is -0.462 e. The van der Waals surface area contributed by atoms with Crippen molar-refractivity contribution in [2.75, 3.05) is 19.8 Å². The summed E-state index contributed by atoms with van der Waals surface area (Å²) in [7, 11) is -4.28. The van der Waals surface area contributed by atoms with E-state index in [4.69, 9.17) is 18.5 Å². The van der Waals surface area contributed by atoms with Crippen LogP contribution in [0.3, 0.4) is 0 Å². The van der Waals surface area contributed by atoms with Gasteiger partial charge in [0.05, 0.1) is 13.2 Å². The van der Waals surface area contributed by atoms with Crippen molar-refractivity contribution < 1.29 is 37.6 Å². The molecule has 0 spiro atoms. The van der Waals surface area contributed by atoms with Gasteiger partial charge in [-0.3, -0.25) is 18.6 Å². The fourth-order valence-corrected chi connectivity index (χ4v) is 6.99. The maximum atomic E-state index is 12.5. The highest BCUT2D eigenvalue weighted by Gasteiger charge is 2.25. The van der Waals surface area contributed by atoms with Crippen molar-refractivity contribution in [2.24, 2.45) is 0 Å². The van der Waals surface area contributed by atoms with E-state index in [0.717, 1.165) is 64.2 Å². The molecule has 0 amide bonds. The number of ether oxygens (including phenoxy) is 2. The number of phosphoric acid groups is 1. The molecular formula is C44H83O8P. The molecule has 0 bridgehead atoms. The maximum absolute atomic E-state index is 12.5. The molecule has 53 heavy (non-hydrogen) atoms. The molecular weight excluding hydrogens is 687 g/mol. The maximum Gasteiger partial charge on any atom is 0.472 e. The Morgan fingerprint density at radius 3 is 1.40 bits per heavy atom. The van der Waals surface area contributed by atoms with Crippen LogP contribution in [0.15, 0.2) is 24.3 Å². The lowest BCUT2D eigenvalue weighted by atomic mass is 10.0. The van der Waals surface area contributed by atoms with E-state index in [0.29, 0.717) is 12.8 Å². The van der Waals surface area contributed by atoms with Gasteiger partial charge in [0.15, 0.2) is 6.10 Å². The molecule has 0 saturated heterocycles. The topological polar surface area (TPSA) is 108 Å². The average Bonchev–Trinajstić information content (AvgIpc) is 3.13. The van der Waals surface area contributed by atoms with Gasteiger partial charge in [-0.25, -0.2) is 4.57 Å². The minimum absolute atomic E-state index is 0.000581.